The minimum Gasteiger partial charge on any atom is -0.490 e. The predicted molar refractivity (Wildman–Crippen MR) is 252 cm³/mol. The molecule has 6 nitrogen and oxygen atoms in total. The van der Waals surface area contributed by atoms with Gasteiger partial charge in [-0.2, -0.15) is 0 Å². The Bertz CT molecular complexity index is 1110. The molecule has 0 saturated heterocycles. The maximum atomic E-state index is 11.9. The molecule has 0 saturated carbocycles. The number of carbonyl (C=O) groups is 1. The summed E-state index contributed by atoms with van der Waals surface area (Å²) in [5, 5.41) is 6.40. The Morgan fingerprint density at radius 1 is 0.517 bits per heavy atom. The summed E-state index contributed by atoms with van der Waals surface area (Å²) in [7, 11) is 0. The first-order chi connectivity index (χ1) is 28.4. The molecule has 0 aromatic heterocycles. The van der Waals surface area contributed by atoms with E-state index in [1.807, 2.05) is 20.8 Å². The molecule has 0 radical (unpaired) electrons. The number of ether oxygens (including phenoxy) is 3. The van der Waals surface area contributed by atoms with Crippen molar-refractivity contribution in [1.29, 1.82) is 0 Å². The van der Waals surface area contributed by atoms with Crippen LogP contribution < -0.4 is 20.1 Å². The average molecular weight is 811 g/mol. The van der Waals surface area contributed by atoms with Gasteiger partial charge in [-0.25, -0.2) is 4.79 Å². The number of alkyl carbamates (subject to hydrolysis) is 1. The standard InChI is InChI=1S/C52H94N2O4/c1-6-8-10-12-14-16-18-20-22-24-26-28-30-32-34-38-44-56-49-41-40-48(47-53-42-36-37-43-54-51(55)58-52(3,4)5)46-50(49)57-45-39-35-33-31-29-27-25-23-21-19-17-15-13-11-9-7-2/h20-23,40-41,46,53H,6-19,24-39,42-45,47H2,1-5H3,(H,54,55). The van der Waals surface area contributed by atoms with Crippen LogP contribution >= 0.6 is 0 Å². The molecule has 336 valence electrons. The summed E-state index contributed by atoms with van der Waals surface area (Å²) < 4.78 is 18.0. The van der Waals surface area contributed by atoms with E-state index in [0.29, 0.717) is 6.54 Å². The summed E-state index contributed by atoms with van der Waals surface area (Å²) >= 11 is 0. The SMILES string of the molecule is CCCCCCCCC=CCCCCCCCCOc1ccc(CNCCCCNC(=O)OC(C)(C)C)cc1OCCCCCCCCC=CCCCCCCCC. The lowest BCUT2D eigenvalue weighted by Gasteiger charge is -2.19. The number of benzene rings is 1. The second-order valence-electron chi connectivity index (χ2n) is 17.7. The summed E-state index contributed by atoms with van der Waals surface area (Å²) in [6, 6.07) is 6.42. The highest BCUT2D eigenvalue weighted by molar-refractivity contribution is 5.67. The van der Waals surface area contributed by atoms with Crippen LogP contribution in [0.15, 0.2) is 42.5 Å². The Hall–Kier alpha value is -2.47. The van der Waals surface area contributed by atoms with Crippen LogP contribution in [0.1, 0.15) is 233 Å². The lowest BCUT2D eigenvalue weighted by atomic mass is 10.1. The molecule has 6 heteroatoms. The van der Waals surface area contributed by atoms with Gasteiger partial charge >= 0.3 is 6.09 Å². The third kappa shape index (κ3) is 36.6. The van der Waals surface area contributed by atoms with Gasteiger partial charge < -0.3 is 24.8 Å². The normalized spacial score (nSPS) is 11.9. The van der Waals surface area contributed by atoms with Crippen molar-refractivity contribution < 1.29 is 19.0 Å². The van der Waals surface area contributed by atoms with Crippen molar-refractivity contribution in [2.75, 3.05) is 26.3 Å². The minimum atomic E-state index is -0.470. The lowest BCUT2D eigenvalue weighted by molar-refractivity contribution is 0.0527. The van der Waals surface area contributed by atoms with Crippen molar-refractivity contribution >= 4 is 6.09 Å². The molecule has 0 aliphatic heterocycles. The Morgan fingerprint density at radius 3 is 1.40 bits per heavy atom. The summed E-state index contributed by atoms with van der Waals surface area (Å²) in [5.41, 5.74) is 0.732. The van der Waals surface area contributed by atoms with Gasteiger partial charge in [0.25, 0.3) is 0 Å². The minimum absolute atomic E-state index is 0.347. The van der Waals surface area contributed by atoms with Gasteiger partial charge in [-0.05, 0) is 122 Å². The van der Waals surface area contributed by atoms with Gasteiger partial charge in [0.2, 0.25) is 0 Å². The number of nitrogens with one attached hydrogen (secondary N) is 2. The molecular formula is C52H94N2O4. The molecule has 0 fully saturated rings. The van der Waals surface area contributed by atoms with Crippen LogP contribution in [0.5, 0.6) is 11.5 Å². The Kier molecular flexibility index (Phi) is 36.9. The van der Waals surface area contributed by atoms with Crippen molar-refractivity contribution in [2.24, 2.45) is 0 Å². The highest BCUT2D eigenvalue weighted by Gasteiger charge is 2.15. The summed E-state index contributed by atoms with van der Waals surface area (Å²) in [5.74, 6) is 1.74. The van der Waals surface area contributed by atoms with E-state index in [-0.39, 0.29) is 6.09 Å². The third-order valence-electron chi connectivity index (χ3n) is 10.6. The topological polar surface area (TPSA) is 68.8 Å². The average Bonchev–Trinajstić information content (AvgIpc) is 3.19. The molecule has 58 heavy (non-hydrogen) atoms. The smallest absolute Gasteiger partial charge is 0.407 e. The fourth-order valence-electron chi connectivity index (χ4n) is 7.07. The monoisotopic (exact) mass is 811 g/mol. The zero-order valence-electron chi connectivity index (χ0n) is 38.9. The number of unbranched alkanes of at least 4 members (excludes halogenated alkanes) is 25. The zero-order valence-corrected chi connectivity index (χ0v) is 38.9. The Balaban J connectivity index is 2.34. The van der Waals surface area contributed by atoms with Crippen molar-refractivity contribution in [2.45, 2.75) is 239 Å². The predicted octanol–water partition coefficient (Wildman–Crippen LogP) is 15.9. The highest BCUT2D eigenvalue weighted by atomic mass is 16.6. The van der Waals surface area contributed by atoms with Crippen LogP contribution in [0.25, 0.3) is 0 Å². The molecule has 1 aromatic carbocycles. The van der Waals surface area contributed by atoms with Crippen LogP contribution in [0.2, 0.25) is 0 Å². The zero-order chi connectivity index (χ0) is 42.0. The molecule has 1 amide bonds. The number of hydrogen-bond acceptors (Lipinski definition) is 5. The second kappa shape index (κ2) is 40.0. The van der Waals surface area contributed by atoms with Crippen molar-refractivity contribution in [3.8, 4) is 11.5 Å². The van der Waals surface area contributed by atoms with Crippen LogP contribution in [0.4, 0.5) is 4.79 Å². The van der Waals surface area contributed by atoms with Gasteiger partial charge in [0, 0.05) is 13.1 Å². The first-order valence-electron chi connectivity index (χ1n) is 24.7. The second-order valence-corrected chi connectivity index (χ2v) is 17.7. The highest BCUT2D eigenvalue weighted by Crippen LogP contribution is 2.29. The molecule has 0 spiro atoms. The van der Waals surface area contributed by atoms with Crippen LogP contribution in [-0.4, -0.2) is 38.0 Å². The quantitative estimate of drug-likeness (QED) is 0.0509. The Labute approximate surface area is 359 Å². The molecule has 0 aliphatic rings. The number of allylic oxidation sites excluding steroid dienone is 4. The van der Waals surface area contributed by atoms with E-state index >= 15 is 0 Å². The first-order valence-corrected chi connectivity index (χ1v) is 24.7. The fourth-order valence-corrected chi connectivity index (χ4v) is 7.07. The molecular weight excluding hydrogens is 717 g/mol. The maximum Gasteiger partial charge on any atom is 0.407 e. The van der Waals surface area contributed by atoms with Crippen LogP contribution in [0, 0.1) is 0 Å². The van der Waals surface area contributed by atoms with Crippen molar-refractivity contribution in [3.05, 3.63) is 48.1 Å². The summed E-state index contributed by atoms with van der Waals surface area (Å²) in [4.78, 5) is 11.9. The van der Waals surface area contributed by atoms with Gasteiger partial charge in [-0.3, -0.25) is 0 Å². The van der Waals surface area contributed by atoms with E-state index in [2.05, 4.69) is 67.0 Å². The van der Waals surface area contributed by atoms with E-state index in [4.69, 9.17) is 14.2 Å². The van der Waals surface area contributed by atoms with E-state index in [0.717, 1.165) is 63.5 Å². The van der Waals surface area contributed by atoms with Crippen LogP contribution in [-0.2, 0) is 11.3 Å². The Morgan fingerprint density at radius 2 is 0.931 bits per heavy atom. The summed E-state index contributed by atoms with van der Waals surface area (Å²) in [6.45, 7) is 14.0. The van der Waals surface area contributed by atoms with Gasteiger partial charge in [-0.1, -0.05) is 160 Å². The number of amides is 1. The van der Waals surface area contributed by atoms with Gasteiger partial charge in [0.1, 0.15) is 5.60 Å². The molecule has 1 rings (SSSR count). The molecule has 2 N–H and O–H groups in total. The van der Waals surface area contributed by atoms with Gasteiger partial charge in [0.05, 0.1) is 13.2 Å². The molecule has 0 bridgehead atoms. The molecule has 0 unspecified atom stereocenters. The van der Waals surface area contributed by atoms with Crippen molar-refractivity contribution in [3.63, 3.8) is 0 Å². The number of rotatable bonds is 41. The van der Waals surface area contributed by atoms with Gasteiger partial charge in [0.15, 0.2) is 11.5 Å². The van der Waals surface area contributed by atoms with Crippen molar-refractivity contribution in [1.82, 2.24) is 10.6 Å². The van der Waals surface area contributed by atoms with E-state index in [1.165, 1.54) is 173 Å². The van der Waals surface area contributed by atoms with Gasteiger partial charge in [-0.15, -0.1) is 0 Å². The number of hydrogen-bond donors (Lipinski definition) is 2. The maximum absolute atomic E-state index is 11.9. The molecule has 0 atom stereocenters. The lowest BCUT2D eigenvalue weighted by Crippen LogP contribution is -2.33. The van der Waals surface area contributed by atoms with E-state index in [1.54, 1.807) is 0 Å². The fraction of sp³-hybridized carbons (Fsp3) is 0.788. The van der Waals surface area contributed by atoms with E-state index in [9.17, 15) is 4.79 Å². The third-order valence-corrected chi connectivity index (χ3v) is 10.6. The molecule has 0 aliphatic carbocycles. The molecule has 1 aromatic rings. The van der Waals surface area contributed by atoms with E-state index < -0.39 is 5.60 Å². The number of carbonyl (C=O) groups excluding carboxylic acids is 1. The first kappa shape index (κ1) is 53.5. The van der Waals surface area contributed by atoms with Crippen LogP contribution in [0.3, 0.4) is 0 Å². The largest absolute Gasteiger partial charge is 0.490 e. The molecule has 0 heterocycles. The summed E-state index contributed by atoms with van der Waals surface area (Å²) in [6.07, 6.45) is 47.8.